The first kappa shape index (κ1) is 15.5. The van der Waals surface area contributed by atoms with Gasteiger partial charge in [-0.3, -0.25) is 0 Å². The van der Waals surface area contributed by atoms with E-state index in [9.17, 15) is 5.26 Å². The zero-order valence-electron chi connectivity index (χ0n) is 12.2. The topological polar surface area (TPSA) is 120 Å². The third kappa shape index (κ3) is 3.62. The van der Waals surface area contributed by atoms with E-state index in [1.807, 2.05) is 6.07 Å². The van der Waals surface area contributed by atoms with Crippen molar-refractivity contribution in [3.05, 3.63) is 29.8 Å². The van der Waals surface area contributed by atoms with Crippen molar-refractivity contribution in [1.29, 1.82) is 5.26 Å². The fraction of sp³-hybridized carbons (Fsp3) is 0.267. The molecule has 0 atom stereocenters. The largest absolute Gasteiger partial charge is 0.494 e. The molecule has 4 N–H and O–H groups in total. The van der Waals surface area contributed by atoms with Gasteiger partial charge in [-0.1, -0.05) is 0 Å². The summed E-state index contributed by atoms with van der Waals surface area (Å²) in [7, 11) is 1.65. The van der Waals surface area contributed by atoms with Crippen LogP contribution in [0.25, 0.3) is 11.3 Å². The first-order chi connectivity index (χ1) is 10.7. The van der Waals surface area contributed by atoms with E-state index in [1.54, 1.807) is 31.4 Å². The summed E-state index contributed by atoms with van der Waals surface area (Å²) in [5.74, 6) is 0.838. The fourth-order valence-electron chi connectivity index (χ4n) is 1.92. The van der Waals surface area contributed by atoms with Crippen LogP contribution in [0.2, 0.25) is 0 Å². The predicted molar refractivity (Wildman–Crippen MR) is 83.0 cm³/mol. The number of ether oxygens (including phenoxy) is 2. The lowest BCUT2D eigenvalue weighted by atomic mass is 10.1. The molecular formula is C15H17N5O2. The van der Waals surface area contributed by atoms with Crippen molar-refractivity contribution in [2.75, 3.05) is 31.8 Å². The van der Waals surface area contributed by atoms with Gasteiger partial charge in [-0.2, -0.15) is 10.2 Å². The Morgan fingerprint density at radius 3 is 2.50 bits per heavy atom. The number of hydrogen-bond donors (Lipinski definition) is 2. The number of methoxy groups -OCH3 is 1. The van der Waals surface area contributed by atoms with E-state index in [2.05, 4.69) is 9.97 Å². The summed E-state index contributed by atoms with van der Waals surface area (Å²) < 4.78 is 10.5. The Labute approximate surface area is 128 Å². The van der Waals surface area contributed by atoms with Crippen LogP contribution in [0.4, 0.5) is 11.8 Å². The van der Waals surface area contributed by atoms with Gasteiger partial charge in [0.2, 0.25) is 5.95 Å². The summed E-state index contributed by atoms with van der Waals surface area (Å²) in [5, 5.41) is 9.19. The van der Waals surface area contributed by atoms with Crippen molar-refractivity contribution in [1.82, 2.24) is 9.97 Å². The van der Waals surface area contributed by atoms with Gasteiger partial charge in [0.1, 0.15) is 23.2 Å². The van der Waals surface area contributed by atoms with Crippen LogP contribution in [-0.2, 0) is 4.74 Å². The second-order valence-corrected chi connectivity index (χ2v) is 4.52. The number of nitrogens with zero attached hydrogens (tertiary/aromatic N) is 3. The van der Waals surface area contributed by atoms with Gasteiger partial charge in [0.05, 0.1) is 12.3 Å². The minimum Gasteiger partial charge on any atom is -0.494 e. The van der Waals surface area contributed by atoms with E-state index in [1.165, 1.54) is 0 Å². The van der Waals surface area contributed by atoms with Crippen molar-refractivity contribution in [2.45, 2.75) is 6.42 Å². The molecule has 2 rings (SSSR count). The van der Waals surface area contributed by atoms with E-state index in [4.69, 9.17) is 20.9 Å². The Balaban J connectivity index is 2.19. The van der Waals surface area contributed by atoms with Gasteiger partial charge in [0.25, 0.3) is 0 Å². The zero-order chi connectivity index (χ0) is 15.9. The summed E-state index contributed by atoms with van der Waals surface area (Å²) in [6, 6.07) is 9.21. The maximum atomic E-state index is 9.19. The van der Waals surface area contributed by atoms with E-state index in [-0.39, 0.29) is 17.3 Å². The number of benzene rings is 1. The smallest absolute Gasteiger partial charge is 0.222 e. The standard InChI is InChI=1S/C15H17N5O2/c1-21-7-2-8-22-11-5-3-10(4-6-11)13-12(9-16)14(17)20-15(18)19-13/h3-6H,2,7-8H2,1H3,(H4,17,18,19,20). The number of nitrogen functional groups attached to an aromatic ring is 2. The third-order valence-corrected chi connectivity index (χ3v) is 2.96. The van der Waals surface area contributed by atoms with Crippen LogP contribution < -0.4 is 16.2 Å². The van der Waals surface area contributed by atoms with Crippen LogP contribution in [0.1, 0.15) is 12.0 Å². The first-order valence-corrected chi connectivity index (χ1v) is 6.71. The summed E-state index contributed by atoms with van der Waals surface area (Å²) in [6.07, 6.45) is 0.815. The number of hydrogen-bond acceptors (Lipinski definition) is 7. The normalized spacial score (nSPS) is 10.2. The van der Waals surface area contributed by atoms with Crippen LogP contribution in [0.5, 0.6) is 5.75 Å². The monoisotopic (exact) mass is 299 g/mol. The van der Waals surface area contributed by atoms with E-state index >= 15 is 0 Å². The highest BCUT2D eigenvalue weighted by atomic mass is 16.5. The van der Waals surface area contributed by atoms with Crippen molar-refractivity contribution < 1.29 is 9.47 Å². The molecule has 0 amide bonds. The van der Waals surface area contributed by atoms with Gasteiger partial charge in [-0.05, 0) is 24.3 Å². The maximum absolute atomic E-state index is 9.19. The van der Waals surface area contributed by atoms with Gasteiger partial charge < -0.3 is 20.9 Å². The van der Waals surface area contributed by atoms with Crippen LogP contribution in [0.15, 0.2) is 24.3 Å². The Hall–Kier alpha value is -2.85. The molecule has 0 saturated carbocycles. The molecular weight excluding hydrogens is 282 g/mol. The summed E-state index contributed by atoms with van der Waals surface area (Å²) in [6.45, 7) is 1.23. The first-order valence-electron chi connectivity index (χ1n) is 6.71. The predicted octanol–water partition coefficient (Wildman–Crippen LogP) is 1.59. The molecule has 0 aliphatic rings. The molecule has 0 aliphatic carbocycles. The molecule has 0 spiro atoms. The van der Waals surface area contributed by atoms with Crippen molar-refractivity contribution in [3.63, 3.8) is 0 Å². The van der Waals surface area contributed by atoms with E-state index in [0.717, 1.165) is 17.7 Å². The minimum absolute atomic E-state index is 0.0337. The average molecular weight is 299 g/mol. The Morgan fingerprint density at radius 2 is 1.86 bits per heavy atom. The Bertz CT molecular complexity index is 680. The summed E-state index contributed by atoms with van der Waals surface area (Å²) in [4.78, 5) is 7.89. The van der Waals surface area contributed by atoms with Gasteiger partial charge in [-0.25, -0.2) is 4.98 Å². The molecule has 1 aromatic carbocycles. The van der Waals surface area contributed by atoms with Crippen LogP contribution >= 0.6 is 0 Å². The third-order valence-electron chi connectivity index (χ3n) is 2.96. The maximum Gasteiger partial charge on any atom is 0.222 e. The highest BCUT2D eigenvalue weighted by molar-refractivity contribution is 5.73. The quantitative estimate of drug-likeness (QED) is 0.777. The molecule has 0 saturated heterocycles. The fourth-order valence-corrected chi connectivity index (χ4v) is 1.92. The SMILES string of the molecule is COCCCOc1ccc(-c2nc(N)nc(N)c2C#N)cc1. The molecule has 0 fully saturated rings. The Morgan fingerprint density at radius 1 is 1.14 bits per heavy atom. The molecule has 1 heterocycles. The molecule has 0 unspecified atom stereocenters. The molecule has 7 heteroatoms. The van der Waals surface area contributed by atoms with Crippen molar-refractivity contribution in [3.8, 4) is 23.1 Å². The molecule has 0 radical (unpaired) electrons. The molecule has 1 aromatic heterocycles. The van der Waals surface area contributed by atoms with Crippen LogP contribution in [0, 0.1) is 11.3 Å². The zero-order valence-corrected chi connectivity index (χ0v) is 12.2. The minimum atomic E-state index is 0.0337. The number of nitrogens with two attached hydrogens (primary N) is 2. The highest BCUT2D eigenvalue weighted by Crippen LogP contribution is 2.26. The molecule has 114 valence electrons. The van der Waals surface area contributed by atoms with Crippen molar-refractivity contribution in [2.24, 2.45) is 0 Å². The molecule has 0 aliphatic heterocycles. The lowest BCUT2D eigenvalue weighted by Crippen LogP contribution is -2.05. The lowest BCUT2D eigenvalue weighted by Gasteiger charge is -2.09. The van der Waals surface area contributed by atoms with Gasteiger partial charge in [0, 0.05) is 25.7 Å². The van der Waals surface area contributed by atoms with Gasteiger partial charge in [-0.15, -0.1) is 0 Å². The van der Waals surface area contributed by atoms with Crippen LogP contribution in [-0.4, -0.2) is 30.3 Å². The lowest BCUT2D eigenvalue weighted by molar-refractivity contribution is 0.172. The van der Waals surface area contributed by atoms with E-state index in [0.29, 0.717) is 18.9 Å². The molecule has 2 aromatic rings. The van der Waals surface area contributed by atoms with Crippen LogP contribution in [0.3, 0.4) is 0 Å². The van der Waals surface area contributed by atoms with E-state index < -0.39 is 0 Å². The average Bonchev–Trinajstić information content (AvgIpc) is 2.51. The summed E-state index contributed by atoms with van der Waals surface area (Å²) >= 11 is 0. The number of nitriles is 1. The second kappa shape index (κ2) is 7.24. The number of aromatic nitrogens is 2. The van der Waals surface area contributed by atoms with Gasteiger partial charge in [0.15, 0.2) is 0 Å². The van der Waals surface area contributed by atoms with Gasteiger partial charge >= 0.3 is 0 Å². The molecule has 0 bridgehead atoms. The number of rotatable bonds is 6. The van der Waals surface area contributed by atoms with Crippen molar-refractivity contribution >= 4 is 11.8 Å². The Kier molecular flexibility index (Phi) is 5.11. The second-order valence-electron chi connectivity index (χ2n) is 4.52. The molecule has 7 nitrogen and oxygen atoms in total. The molecule has 22 heavy (non-hydrogen) atoms. The summed E-state index contributed by atoms with van der Waals surface area (Å²) in [5.41, 5.74) is 12.7. The highest BCUT2D eigenvalue weighted by Gasteiger charge is 2.13. The number of anilines is 2.